The molecule has 0 radical (unpaired) electrons. The molecule has 0 aromatic heterocycles. The van der Waals surface area contributed by atoms with E-state index in [-0.39, 0.29) is 35.4 Å². The fraction of sp³-hybridized carbons (Fsp3) is 0.259. The lowest BCUT2D eigenvalue weighted by molar-refractivity contribution is -0.133. The zero-order chi connectivity index (χ0) is 26.6. The Hall–Kier alpha value is -3.63. The van der Waals surface area contributed by atoms with E-state index in [1.807, 2.05) is 0 Å². The van der Waals surface area contributed by atoms with E-state index in [0.717, 1.165) is 24.1 Å². The summed E-state index contributed by atoms with van der Waals surface area (Å²) >= 11 is 0. The molecule has 4 rings (SSSR count). The molecule has 0 heterocycles. The first-order chi connectivity index (χ1) is 17.6. The Bertz CT molecular complexity index is 1410. The van der Waals surface area contributed by atoms with Crippen LogP contribution in [-0.4, -0.2) is 20.2 Å². The van der Waals surface area contributed by atoms with Crippen molar-refractivity contribution in [3.8, 4) is 11.1 Å². The highest BCUT2D eigenvalue weighted by molar-refractivity contribution is 7.89. The number of carbonyl (C=O) groups is 2. The molecule has 37 heavy (non-hydrogen) atoms. The largest absolute Gasteiger partial charge is 0.352 e. The van der Waals surface area contributed by atoms with Crippen LogP contribution in [0.5, 0.6) is 0 Å². The minimum Gasteiger partial charge on any atom is -0.352 e. The predicted molar refractivity (Wildman–Crippen MR) is 134 cm³/mol. The molecule has 194 valence electrons. The third kappa shape index (κ3) is 6.39. The Kier molecular flexibility index (Phi) is 7.99. The van der Waals surface area contributed by atoms with Crippen molar-refractivity contribution in [3.05, 3.63) is 89.5 Å². The summed E-state index contributed by atoms with van der Waals surface area (Å²) in [4.78, 5) is 25.6. The summed E-state index contributed by atoms with van der Waals surface area (Å²) in [6, 6.07) is 16.7. The van der Waals surface area contributed by atoms with E-state index >= 15 is 0 Å². The van der Waals surface area contributed by atoms with Gasteiger partial charge in [-0.25, -0.2) is 22.3 Å². The minimum absolute atomic E-state index is 0.0313. The lowest BCUT2D eigenvalue weighted by Gasteiger charge is -2.19. The normalized spacial score (nSPS) is 17.4. The number of carbonyl (C=O) groups excluding carboxylic acids is 2. The van der Waals surface area contributed by atoms with E-state index < -0.39 is 33.5 Å². The summed E-state index contributed by atoms with van der Waals surface area (Å²) in [5.41, 5.74) is 2.13. The number of rotatable bonds is 8. The Morgan fingerprint density at radius 2 is 1.49 bits per heavy atom. The number of benzene rings is 3. The average molecular weight is 528 g/mol. The molecule has 0 saturated heterocycles. The number of hydrogen-bond acceptors (Lipinski definition) is 4. The molecule has 7 nitrogen and oxygen atoms in total. The molecule has 2 amide bonds. The maximum Gasteiger partial charge on any atom is 0.238 e. The van der Waals surface area contributed by atoms with Gasteiger partial charge in [0.1, 0.15) is 11.6 Å². The van der Waals surface area contributed by atoms with E-state index in [1.165, 1.54) is 12.1 Å². The number of nitrogens with two attached hydrogens (primary N) is 1. The zero-order valence-corrected chi connectivity index (χ0v) is 20.7. The van der Waals surface area contributed by atoms with Crippen molar-refractivity contribution in [3.63, 3.8) is 0 Å². The van der Waals surface area contributed by atoms with E-state index in [1.54, 1.807) is 42.5 Å². The first-order valence-electron chi connectivity index (χ1n) is 11.8. The van der Waals surface area contributed by atoms with Crippen molar-refractivity contribution in [2.45, 2.75) is 37.2 Å². The molecule has 1 saturated carbocycles. The van der Waals surface area contributed by atoms with Crippen LogP contribution in [0.3, 0.4) is 0 Å². The van der Waals surface area contributed by atoms with Crippen molar-refractivity contribution >= 4 is 21.8 Å². The van der Waals surface area contributed by atoms with Crippen molar-refractivity contribution in [1.29, 1.82) is 0 Å². The second-order valence-electron chi connectivity index (χ2n) is 9.05. The van der Waals surface area contributed by atoms with Crippen LogP contribution >= 0.6 is 0 Å². The highest BCUT2D eigenvalue weighted by Gasteiger charge is 2.37. The van der Waals surface area contributed by atoms with Crippen molar-refractivity contribution in [1.82, 2.24) is 10.6 Å². The summed E-state index contributed by atoms with van der Waals surface area (Å²) in [6.45, 7) is 0.151. The molecule has 2 unspecified atom stereocenters. The van der Waals surface area contributed by atoms with Crippen LogP contribution in [0, 0.1) is 23.5 Å². The summed E-state index contributed by atoms with van der Waals surface area (Å²) < 4.78 is 50.7. The van der Waals surface area contributed by atoms with E-state index in [2.05, 4.69) is 10.6 Å². The minimum atomic E-state index is -3.88. The van der Waals surface area contributed by atoms with Gasteiger partial charge in [-0.15, -0.1) is 0 Å². The van der Waals surface area contributed by atoms with Gasteiger partial charge in [-0.05, 0) is 36.1 Å². The lowest BCUT2D eigenvalue weighted by Crippen LogP contribution is -2.39. The first kappa shape index (κ1) is 26.4. The van der Waals surface area contributed by atoms with Gasteiger partial charge in [0.2, 0.25) is 21.8 Å². The van der Waals surface area contributed by atoms with Crippen molar-refractivity contribution < 1.29 is 26.8 Å². The number of hydrogen-bond donors (Lipinski definition) is 3. The Labute approximate surface area is 214 Å². The van der Waals surface area contributed by atoms with Crippen LogP contribution in [0.1, 0.15) is 30.4 Å². The van der Waals surface area contributed by atoms with Gasteiger partial charge in [-0.3, -0.25) is 9.59 Å². The average Bonchev–Trinajstić information content (AvgIpc) is 3.37. The van der Waals surface area contributed by atoms with Crippen LogP contribution in [0.15, 0.2) is 71.6 Å². The summed E-state index contributed by atoms with van der Waals surface area (Å²) in [7, 11) is -3.88. The van der Waals surface area contributed by atoms with Gasteiger partial charge in [0.25, 0.3) is 0 Å². The van der Waals surface area contributed by atoms with E-state index in [9.17, 15) is 26.8 Å². The Balaban J connectivity index is 1.35. The molecule has 0 bridgehead atoms. The molecule has 3 aromatic carbocycles. The lowest BCUT2D eigenvalue weighted by atomic mass is 9.94. The summed E-state index contributed by atoms with van der Waals surface area (Å²) in [5, 5.41) is 10.9. The van der Waals surface area contributed by atoms with Crippen LogP contribution in [0.2, 0.25) is 0 Å². The second kappa shape index (κ2) is 11.2. The van der Waals surface area contributed by atoms with Gasteiger partial charge in [0.05, 0.1) is 4.90 Å². The predicted octanol–water partition coefficient (Wildman–Crippen LogP) is 3.63. The summed E-state index contributed by atoms with van der Waals surface area (Å²) in [6.07, 6.45) is 1.84. The first-order valence-corrected chi connectivity index (χ1v) is 13.4. The molecule has 0 aliphatic heterocycles. The van der Waals surface area contributed by atoms with Gasteiger partial charge >= 0.3 is 0 Å². The Morgan fingerprint density at radius 1 is 0.865 bits per heavy atom. The fourth-order valence-electron chi connectivity index (χ4n) is 4.64. The smallest absolute Gasteiger partial charge is 0.238 e. The van der Waals surface area contributed by atoms with Crippen LogP contribution in [0.4, 0.5) is 8.78 Å². The third-order valence-corrected chi connectivity index (χ3v) is 7.55. The van der Waals surface area contributed by atoms with Gasteiger partial charge in [0, 0.05) is 42.1 Å². The maximum absolute atomic E-state index is 13.9. The van der Waals surface area contributed by atoms with Crippen molar-refractivity contribution in [2.75, 3.05) is 0 Å². The fourth-order valence-corrected chi connectivity index (χ4v) is 5.40. The van der Waals surface area contributed by atoms with E-state index in [4.69, 9.17) is 5.14 Å². The number of primary sulfonamides is 1. The number of halogens is 2. The molecule has 1 aliphatic carbocycles. The molecule has 3 aromatic rings. The molecule has 10 heteroatoms. The third-order valence-electron chi connectivity index (χ3n) is 6.58. The number of amides is 2. The number of nitrogens with one attached hydrogen (secondary N) is 2. The van der Waals surface area contributed by atoms with Gasteiger partial charge < -0.3 is 10.6 Å². The molecule has 0 spiro atoms. The number of sulfonamides is 1. The van der Waals surface area contributed by atoms with Gasteiger partial charge in [-0.2, -0.15) is 0 Å². The van der Waals surface area contributed by atoms with Crippen molar-refractivity contribution in [2.24, 2.45) is 17.0 Å². The molecule has 4 N–H and O–H groups in total. The quantitative estimate of drug-likeness (QED) is 0.415. The van der Waals surface area contributed by atoms with E-state index in [0.29, 0.717) is 24.0 Å². The maximum atomic E-state index is 13.9. The van der Waals surface area contributed by atoms with Crippen LogP contribution in [0.25, 0.3) is 11.1 Å². The molecule has 1 aliphatic rings. The standard InChI is InChI=1S/C27H27F2N3O4S/c28-20-13-12-19(24(29)14-20)16-32-27(34)23-6-3-5-22(23)26(33)31-15-17-8-10-18(11-9-17)21-4-1-2-7-25(21)37(30,35)36/h1-2,4,7-14,22-23H,3,5-6,15-16H2,(H,31,33)(H,32,34)(H2,30,35,36). The second-order valence-corrected chi connectivity index (χ2v) is 10.6. The van der Waals surface area contributed by atoms with Crippen LogP contribution < -0.4 is 15.8 Å². The Morgan fingerprint density at radius 3 is 2.11 bits per heavy atom. The topological polar surface area (TPSA) is 118 Å². The SMILES string of the molecule is NS(=O)(=O)c1ccccc1-c1ccc(CNC(=O)C2CCCC2C(=O)NCc2ccc(F)cc2F)cc1. The van der Waals surface area contributed by atoms with Gasteiger partial charge in [0.15, 0.2) is 0 Å². The highest BCUT2D eigenvalue weighted by atomic mass is 32.2. The monoisotopic (exact) mass is 527 g/mol. The highest BCUT2D eigenvalue weighted by Crippen LogP contribution is 2.32. The molecule has 2 atom stereocenters. The van der Waals surface area contributed by atoms with Crippen LogP contribution in [-0.2, 0) is 32.7 Å². The van der Waals surface area contributed by atoms with Gasteiger partial charge in [-0.1, -0.05) is 55.0 Å². The summed E-state index contributed by atoms with van der Waals surface area (Å²) in [5.74, 6) is -3.03. The molecular weight excluding hydrogens is 500 g/mol. The zero-order valence-electron chi connectivity index (χ0n) is 19.9. The molecular formula is C27H27F2N3O4S. The molecule has 1 fully saturated rings.